The predicted octanol–water partition coefficient (Wildman–Crippen LogP) is 2.32. The highest BCUT2D eigenvalue weighted by atomic mass is 16.5. The smallest absolute Gasteiger partial charge is 0.225 e. The summed E-state index contributed by atoms with van der Waals surface area (Å²) in [6.45, 7) is 8.40. The molecule has 0 aliphatic rings. The molecule has 3 nitrogen and oxygen atoms in total. The maximum Gasteiger partial charge on any atom is 0.225 e. The molecule has 1 aromatic rings. The summed E-state index contributed by atoms with van der Waals surface area (Å²) >= 11 is 0. The fourth-order valence-electron chi connectivity index (χ4n) is 1.10. The standard InChI is InChI=1S/C9H16N2O/c1-5(2)6(3)8-7(4)9(10)12-11-8/h5-6H,10H2,1-4H3. The van der Waals surface area contributed by atoms with Crippen molar-refractivity contribution in [3.05, 3.63) is 11.3 Å². The van der Waals surface area contributed by atoms with E-state index in [0.717, 1.165) is 11.3 Å². The molecule has 2 N–H and O–H groups in total. The number of aromatic nitrogens is 1. The molecule has 68 valence electrons. The number of hydrogen-bond acceptors (Lipinski definition) is 3. The molecule has 0 saturated heterocycles. The first kappa shape index (κ1) is 9.10. The average Bonchev–Trinajstić information content (AvgIpc) is 2.32. The molecule has 0 aliphatic heterocycles. The number of rotatable bonds is 2. The van der Waals surface area contributed by atoms with E-state index in [0.29, 0.717) is 17.7 Å². The van der Waals surface area contributed by atoms with Crippen LogP contribution in [0, 0.1) is 12.8 Å². The Kier molecular flexibility index (Phi) is 2.40. The molecule has 1 unspecified atom stereocenters. The fraction of sp³-hybridized carbons (Fsp3) is 0.667. The van der Waals surface area contributed by atoms with E-state index in [1.807, 2.05) is 6.92 Å². The van der Waals surface area contributed by atoms with Gasteiger partial charge in [-0.25, -0.2) is 0 Å². The zero-order valence-corrected chi connectivity index (χ0v) is 8.09. The Bertz CT molecular complexity index is 265. The monoisotopic (exact) mass is 168 g/mol. The van der Waals surface area contributed by atoms with Crippen LogP contribution in [-0.2, 0) is 0 Å². The first-order valence-electron chi connectivity index (χ1n) is 4.25. The van der Waals surface area contributed by atoms with Crippen molar-refractivity contribution in [2.45, 2.75) is 33.6 Å². The maximum absolute atomic E-state index is 5.55. The van der Waals surface area contributed by atoms with Crippen molar-refractivity contribution in [2.24, 2.45) is 5.92 Å². The van der Waals surface area contributed by atoms with Crippen LogP contribution in [0.2, 0.25) is 0 Å². The second-order valence-corrected chi connectivity index (χ2v) is 3.59. The SMILES string of the molecule is Cc1c(C(C)C(C)C)noc1N. The van der Waals surface area contributed by atoms with Gasteiger partial charge in [0.2, 0.25) is 5.88 Å². The van der Waals surface area contributed by atoms with Gasteiger partial charge >= 0.3 is 0 Å². The van der Waals surface area contributed by atoms with Crippen LogP contribution in [0.25, 0.3) is 0 Å². The highest BCUT2D eigenvalue weighted by Crippen LogP contribution is 2.27. The van der Waals surface area contributed by atoms with Crippen LogP contribution in [-0.4, -0.2) is 5.16 Å². The molecule has 0 saturated carbocycles. The average molecular weight is 168 g/mol. The summed E-state index contributed by atoms with van der Waals surface area (Å²) in [5, 5.41) is 3.94. The third kappa shape index (κ3) is 1.44. The molecular formula is C9H16N2O. The minimum Gasteiger partial charge on any atom is -0.367 e. The molecule has 0 radical (unpaired) electrons. The van der Waals surface area contributed by atoms with E-state index >= 15 is 0 Å². The first-order valence-corrected chi connectivity index (χ1v) is 4.25. The topological polar surface area (TPSA) is 52.0 Å². The highest BCUT2D eigenvalue weighted by Gasteiger charge is 2.18. The van der Waals surface area contributed by atoms with E-state index in [9.17, 15) is 0 Å². The molecular weight excluding hydrogens is 152 g/mol. The van der Waals surface area contributed by atoms with Crippen molar-refractivity contribution in [1.29, 1.82) is 0 Å². The van der Waals surface area contributed by atoms with Gasteiger partial charge in [-0.05, 0) is 12.8 Å². The van der Waals surface area contributed by atoms with E-state index < -0.39 is 0 Å². The number of anilines is 1. The van der Waals surface area contributed by atoms with E-state index in [4.69, 9.17) is 10.3 Å². The molecule has 0 amide bonds. The zero-order valence-electron chi connectivity index (χ0n) is 8.09. The molecule has 0 aromatic carbocycles. The number of nitrogen functional groups attached to an aromatic ring is 1. The highest BCUT2D eigenvalue weighted by molar-refractivity contribution is 5.38. The normalized spacial score (nSPS) is 13.8. The summed E-state index contributed by atoms with van der Waals surface area (Å²) in [5.74, 6) is 1.41. The van der Waals surface area contributed by atoms with Crippen molar-refractivity contribution in [3.8, 4) is 0 Å². The Morgan fingerprint density at radius 1 is 1.33 bits per heavy atom. The van der Waals surface area contributed by atoms with Crippen molar-refractivity contribution < 1.29 is 4.52 Å². The minimum absolute atomic E-state index is 0.408. The summed E-state index contributed by atoms with van der Waals surface area (Å²) in [5.41, 5.74) is 7.52. The zero-order chi connectivity index (χ0) is 9.30. The van der Waals surface area contributed by atoms with Gasteiger partial charge in [0.15, 0.2) is 0 Å². The van der Waals surface area contributed by atoms with E-state index in [1.54, 1.807) is 0 Å². The van der Waals surface area contributed by atoms with Gasteiger partial charge in [0, 0.05) is 11.5 Å². The van der Waals surface area contributed by atoms with Gasteiger partial charge in [-0.3, -0.25) is 0 Å². The Morgan fingerprint density at radius 2 is 1.92 bits per heavy atom. The molecule has 0 aliphatic carbocycles. The van der Waals surface area contributed by atoms with Gasteiger partial charge in [-0.2, -0.15) is 0 Å². The van der Waals surface area contributed by atoms with Gasteiger partial charge in [-0.1, -0.05) is 25.9 Å². The number of nitrogens with two attached hydrogens (primary N) is 1. The fourth-order valence-corrected chi connectivity index (χ4v) is 1.10. The van der Waals surface area contributed by atoms with Crippen molar-refractivity contribution in [3.63, 3.8) is 0 Å². The molecule has 0 spiro atoms. The lowest BCUT2D eigenvalue weighted by molar-refractivity contribution is 0.407. The molecule has 1 rings (SSSR count). The summed E-state index contributed by atoms with van der Waals surface area (Å²) in [6, 6.07) is 0. The summed E-state index contributed by atoms with van der Waals surface area (Å²) in [6.07, 6.45) is 0. The second kappa shape index (κ2) is 3.17. The van der Waals surface area contributed by atoms with Crippen molar-refractivity contribution in [2.75, 3.05) is 5.73 Å². The van der Waals surface area contributed by atoms with Crippen LogP contribution in [0.3, 0.4) is 0 Å². The lowest BCUT2D eigenvalue weighted by atomic mass is 9.93. The molecule has 0 fully saturated rings. The predicted molar refractivity (Wildman–Crippen MR) is 48.9 cm³/mol. The summed E-state index contributed by atoms with van der Waals surface area (Å²) < 4.78 is 4.89. The molecule has 0 bridgehead atoms. The Labute approximate surface area is 72.9 Å². The Morgan fingerprint density at radius 3 is 2.25 bits per heavy atom. The largest absolute Gasteiger partial charge is 0.367 e. The van der Waals surface area contributed by atoms with E-state index in [-0.39, 0.29) is 0 Å². The van der Waals surface area contributed by atoms with Crippen LogP contribution in [0.5, 0.6) is 0 Å². The summed E-state index contributed by atoms with van der Waals surface area (Å²) in [7, 11) is 0. The van der Waals surface area contributed by atoms with Crippen LogP contribution >= 0.6 is 0 Å². The lowest BCUT2D eigenvalue weighted by Gasteiger charge is -2.12. The van der Waals surface area contributed by atoms with Crippen LogP contribution in [0.1, 0.15) is 37.9 Å². The summed E-state index contributed by atoms with van der Waals surface area (Å²) in [4.78, 5) is 0. The molecule has 3 heteroatoms. The minimum atomic E-state index is 0.408. The lowest BCUT2D eigenvalue weighted by Crippen LogP contribution is -2.04. The number of hydrogen-bond donors (Lipinski definition) is 1. The van der Waals surface area contributed by atoms with Crippen LogP contribution in [0.15, 0.2) is 4.52 Å². The van der Waals surface area contributed by atoms with E-state index in [1.165, 1.54) is 0 Å². The first-order chi connectivity index (χ1) is 5.54. The van der Waals surface area contributed by atoms with Gasteiger partial charge in [0.1, 0.15) is 0 Å². The molecule has 1 aromatic heterocycles. The van der Waals surface area contributed by atoms with Gasteiger partial charge < -0.3 is 10.3 Å². The van der Waals surface area contributed by atoms with Gasteiger partial charge in [0.05, 0.1) is 5.69 Å². The molecule has 1 atom stereocenters. The van der Waals surface area contributed by atoms with E-state index in [2.05, 4.69) is 25.9 Å². The van der Waals surface area contributed by atoms with Gasteiger partial charge in [0.25, 0.3) is 0 Å². The van der Waals surface area contributed by atoms with Crippen molar-refractivity contribution in [1.82, 2.24) is 5.16 Å². The molecule has 12 heavy (non-hydrogen) atoms. The Hall–Kier alpha value is -0.990. The third-order valence-electron chi connectivity index (χ3n) is 2.43. The third-order valence-corrected chi connectivity index (χ3v) is 2.43. The Balaban J connectivity index is 2.95. The second-order valence-electron chi connectivity index (χ2n) is 3.59. The van der Waals surface area contributed by atoms with Gasteiger partial charge in [-0.15, -0.1) is 0 Å². The molecule has 1 heterocycles. The quantitative estimate of drug-likeness (QED) is 0.737. The van der Waals surface area contributed by atoms with Crippen molar-refractivity contribution >= 4 is 5.88 Å². The van der Waals surface area contributed by atoms with Crippen LogP contribution in [0.4, 0.5) is 5.88 Å². The number of nitrogens with zero attached hydrogens (tertiary/aromatic N) is 1. The van der Waals surface area contributed by atoms with Crippen LogP contribution < -0.4 is 5.73 Å². The maximum atomic E-state index is 5.55.